The normalized spacial score (nSPS) is 14.9. The van der Waals surface area contributed by atoms with Crippen LogP contribution >= 0.6 is 11.3 Å². The Kier molecular flexibility index (Phi) is 6.19. The van der Waals surface area contributed by atoms with Crippen molar-refractivity contribution in [3.63, 3.8) is 0 Å². The Hall–Kier alpha value is -2.45. The number of amides is 2. The van der Waals surface area contributed by atoms with E-state index < -0.39 is 0 Å². The number of rotatable bonds is 6. The molecule has 2 aromatic rings. The first-order valence-electron chi connectivity index (χ1n) is 8.58. The highest BCUT2D eigenvalue weighted by Crippen LogP contribution is 2.18. The molecule has 0 radical (unpaired) electrons. The molecule has 1 saturated heterocycles. The maximum absolute atomic E-state index is 12.1. The summed E-state index contributed by atoms with van der Waals surface area (Å²) in [5.74, 6) is 0.464. The van der Waals surface area contributed by atoms with Crippen molar-refractivity contribution < 1.29 is 9.59 Å². The number of pyridine rings is 1. The summed E-state index contributed by atoms with van der Waals surface area (Å²) in [5.41, 5.74) is 1.56. The van der Waals surface area contributed by atoms with Crippen LogP contribution in [0.2, 0.25) is 0 Å². The molecule has 0 bridgehead atoms. The van der Waals surface area contributed by atoms with Crippen molar-refractivity contribution in [1.82, 2.24) is 20.5 Å². The number of hydrogen-bond acceptors (Lipinski definition) is 6. The molecule has 0 saturated carbocycles. The Labute approximate surface area is 157 Å². The van der Waals surface area contributed by atoms with Crippen LogP contribution < -0.4 is 15.5 Å². The molecule has 3 heterocycles. The molecular weight excluding hydrogens is 350 g/mol. The second kappa shape index (κ2) is 8.77. The van der Waals surface area contributed by atoms with Crippen molar-refractivity contribution in [3.05, 3.63) is 46.3 Å². The number of carbonyl (C=O) groups is 2. The Morgan fingerprint density at radius 3 is 2.73 bits per heavy atom. The molecule has 0 aliphatic carbocycles. The van der Waals surface area contributed by atoms with Crippen LogP contribution in [0, 0.1) is 0 Å². The number of anilines is 1. The zero-order valence-electron chi connectivity index (χ0n) is 14.8. The molecule has 3 rings (SSSR count). The number of nitrogens with zero attached hydrogens (tertiary/aromatic N) is 3. The average Bonchev–Trinajstić information content (AvgIpc) is 3.20. The summed E-state index contributed by atoms with van der Waals surface area (Å²) in [7, 11) is 2.11. The molecule has 138 valence electrons. The van der Waals surface area contributed by atoms with Gasteiger partial charge in [-0.2, -0.15) is 11.3 Å². The first-order chi connectivity index (χ1) is 12.6. The summed E-state index contributed by atoms with van der Waals surface area (Å²) in [4.78, 5) is 33.0. The standard InChI is InChI=1S/C18H23N5O2S/c1-22-6-8-23(9-7-22)17-14(3-2-5-19-17)11-20-16(24)12-21-18(25)15-4-10-26-13-15/h2-5,10,13H,6-9,11-12H2,1H3,(H,20,24)(H,21,25). The number of hydrogen-bond donors (Lipinski definition) is 2. The van der Waals surface area contributed by atoms with Gasteiger partial charge in [0, 0.05) is 55.4 Å². The number of nitrogens with one attached hydrogen (secondary N) is 2. The molecule has 2 amide bonds. The van der Waals surface area contributed by atoms with Gasteiger partial charge in [0.2, 0.25) is 5.91 Å². The van der Waals surface area contributed by atoms with E-state index in [2.05, 4.69) is 32.5 Å². The summed E-state index contributed by atoms with van der Waals surface area (Å²) >= 11 is 1.45. The fourth-order valence-corrected chi connectivity index (χ4v) is 3.42. The topological polar surface area (TPSA) is 77.6 Å². The number of piperazine rings is 1. The lowest BCUT2D eigenvalue weighted by Crippen LogP contribution is -2.45. The first kappa shape index (κ1) is 18.3. The fourth-order valence-electron chi connectivity index (χ4n) is 2.78. The molecule has 7 nitrogen and oxygen atoms in total. The van der Waals surface area contributed by atoms with E-state index in [9.17, 15) is 9.59 Å². The maximum Gasteiger partial charge on any atom is 0.252 e. The van der Waals surface area contributed by atoms with Gasteiger partial charge in [-0.05, 0) is 24.6 Å². The molecular formula is C18H23N5O2S. The van der Waals surface area contributed by atoms with Gasteiger partial charge in [0.1, 0.15) is 5.82 Å². The zero-order chi connectivity index (χ0) is 18.4. The Bertz CT molecular complexity index is 742. The second-order valence-electron chi connectivity index (χ2n) is 6.25. The highest BCUT2D eigenvalue weighted by Gasteiger charge is 2.18. The molecule has 2 N–H and O–H groups in total. The summed E-state index contributed by atoms with van der Waals surface area (Å²) < 4.78 is 0. The minimum atomic E-state index is -0.235. The van der Waals surface area contributed by atoms with Crippen molar-refractivity contribution in [2.75, 3.05) is 44.7 Å². The van der Waals surface area contributed by atoms with Crippen molar-refractivity contribution in [3.8, 4) is 0 Å². The summed E-state index contributed by atoms with van der Waals surface area (Å²) in [6, 6.07) is 5.58. The lowest BCUT2D eigenvalue weighted by molar-refractivity contribution is -0.120. The van der Waals surface area contributed by atoms with Crippen molar-refractivity contribution in [2.45, 2.75) is 6.54 Å². The monoisotopic (exact) mass is 373 g/mol. The highest BCUT2D eigenvalue weighted by molar-refractivity contribution is 7.08. The molecule has 2 aromatic heterocycles. The van der Waals surface area contributed by atoms with E-state index in [0.717, 1.165) is 37.6 Å². The van der Waals surface area contributed by atoms with E-state index in [1.807, 2.05) is 17.5 Å². The van der Waals surface area contributed by atoms with Crippen LogP contribution in [0.15, 0.2) is 35.2 Å². The van der Waals surface area contributed by atoms with Gasteiger partial charge in [-0.1, -0.05) is 6.07 Å². The largest absolute Gasteiger partial charge is 0.354 e. The quantitative estimate of drug-likeness (QED) is 0.788. The van der Waals surface area contributed by atoms with Gasteiger partial charge >= 0.3 is 0 Å². The minimum absolute atomic E-state index is 0.0429. The molecule has 0 unspecified atom stereocenters. The van der Waals surface area contributed by atoms with E-state index in [-0.39, 0.29) is 18.4 Å². The van der Waals surface area contributed by atoms with Gasteiger partial charge in [0.05, 0.1) is 6.54 Å². The molecule has 26 heavy (non-hydrogen) atoms. The Morgan fingerprint density at radius 1 is 1.19 bits per heavy atom. The number of carbonyl (C=O) groups excluding carboxylic acids is 2. The van der Waals surface area contributed by atoms with Gasteiger partial charge in [-0.25, -0.2) is 4.98 Å². The maximum atomic E-state index is 12.1. The van der Waals surface area contributed by atoms with E-state index in [4.69, 9.17) is 0 Å². The van der Waals surface area contributed by atoms with Crippen LogP contribution in [0.5, 0.6) is 0 Å². The number of thiophene rings is 1. The molecule has 0 spiro atoms. The van der Waals surface area contributed by atoms with Crippen molar-refractivity contribution in [2.24, 2.45) is 0 Å². The summed E-state index contributed by atoms with van der Waals surface area (Å²) in [6.07, 6.45) is 1.78. The van der Waals surface area contributed by atoms with Crippen LogP contribution in [0.4, 0.5) is 5.82 Å². The minimum Gasteiger partial charge on any atom is -0.354 e. The van der Waals surface area contributed by atoms with Crippen LogP contribution in [0.25, 0.3) is 0 Å². The van der Waals surface area contributed by atoms with Crippen LogP contribution in [0.3, 0.4) is 0 Å². The highest BCUT2D eigenvalue weighted by atomic mass is 32.1. The smallest absolute Gasteiger partial charge is 0.252 e. The zero-order valence-corrected chi connectivity index (χ0v) is 15.6. The number of aromatic nitrogens is 1. The third kappa shape index (κ3) is 4.80. The fraction of sp³-hybridized carbons (Fsp3) is 0.389. The molecule has 0 atom stereocenters. The third-order valence-corrected chi connectivity index (χ3v) is 5.02. The SMILES string of the molecule is CN1CCN(c2ncccc2CNC(=O)CNC(=O)c2ccsc2)CC1. The van der Waals surface area contributed by atoms with E-state index in [1.165, 1.54) is 11.3 Å². The molecule has 1 fully saturated rings. The van der Waals surface area contributed by atoms with Gasteiger partial charge in [-0.15, -0.1) is 0 Å². The molecule has 0 aromatic carbocycles. The van der Waals surface area contributed by atoms with Crippen LogP contribution in [-0.2, 0) is 11.3 Å². The second-order valence-corrected chi connectivity index (χ2v) is 7.03. The van der Waals surface area contributed by atoms with Gasteiger partial charge in [0.25, 0.3) is 5.91 Å². The van der Waals surface area contributed by atoms with Gasteiger partial charge in [0.15, 0.2) is 0 Å². The average molecular weight is 373 g/mol. The van der Waals surface area contributed by atoms with Crippen molar-refractivity contribution in [1.29, 1.82) is 0 Å². The third-order valence-electron chi connectivity index (χ3n) is 4.34. The predicted octanol–water partition coefficient (Wildman–Crippen LogP) is 0.941. The Morgan fingerprint density at radius 2 is 2.00 bits per heavy atom. The first-order valence-corrected chi connectivity index (χ1v) is 9.52. The summed E-state index contributed by atoms with van der Waals surface area (Å²) in [5, 5.41) is 9.07. The van der Waals surface area contributed by atoms with Gasteiger partial charge < -0.3 is 20.4 Å². The lowest BCUT2D eigenvalue weighted by Gasteiger charge is -2.34. The van der Waals surface area contributed by atoms with Gasteiger partial charge in [-0.3, -0.25) is 9.59 Å². The summed E-state index contributed by atoms with van der Waals surface area (Å²) in [6.45, 7) is 4.19. The van der Waals surface area contributed by atoms with Crippen molar-refractivity contribution >= 4 is 29.0 Å². The van der Waals surface area contributed by atoms with E-state index >= 15 is 0 Å². The molecule has 1 aliphatic rings. The molecule has 1 aliphatic heterocycles. The predicted molar refractivity (Wildman–Crippen MR) is 102 cm³/mol. The number of likely N-dealkylation sites (N-methyl/N-ethyl adjacent to an activating group) is 1. The van der Waals surface area contributed by atoms with Crippen LogP contribution in [0.1, 0.15) is 15.9 Å². The van der Waals surface area contributed by atoms with E-state index in [0.29, 0.717) is 12.1 Å². The van der Waals surface area contributed by atoms with Crippen LogP contribution in [-0.4, -0.2) is 61.5 Å². The molecule has 8 heteroatoms. The van der Waals surface area contributed by atoms with E-state index in [1.54, 1.807) is 17.6 Å². The lowest BCUT2D eigenvalue weighted by atomic mass is 10.2. The Balaban J connectivity index is 1.51.